The summed E-state index contributed by atoms with van der Waals surface area (Å²) in [5, 5.41) is 5.49. The van der Waals surface area contributed by atoms with Crippen LogP contribution in [0.15, 0.2) is 0 Å². The molecule has 1 aliphatic heterocycles. The molecular weight excluding hydrogens is 390 g/mol. The van der Waals surface area contributed by atoms with Crippen LogP contribution in [0.2, 0.25) is 0 Å². The largest absolute Gasteiger partial charge is 0.357 e. The van der Waals surface area contributed by atoms with Crippen LogP contribution in [-0.2, 0) is 17.8 Å². The molecule has 1 unspecified atom stereocenters. The summed E-state index contributed by atoms with van der Waals surface area (Å²) in [6.07, 6.45) is 4.25. The summed E-state index contributed by atoms with van der Waals surface area (Å²) < 4.78 is 29.4. The molecule has 0 bridgehead atoms. The minimum atomic E-state index is -2.60. The van der Waals surface area contributed by atoms with Gasteiger partial charge in [-0.05, 0) is 37.5 Å². The zero-order chi connectivity index (χ0) is 22.1. The van der Waals surface area contributed by atoms with E-state index in [1.54, 1.807) is 7.05 Å². The van der Waals surface area contributed by atoms with Crippen molar-refractivity contribution in [2.24, 2.45) is 5.41 Å². The van der Waals surface area contributed by atoms with Gasteiger partial charge >= 0.3 is 0 Å². The molecule has 30 heavy (non-hydrogen) atoms. The zero-order valence-electron chi connectivity index (χ0n) is 18.5. The number of imidazole rings is 1. The molecule has 2 N–H and O–H groups in total. The van der Waals surface area contributed by atoms with Crippen LogP contribution in [0.4, 0.5) is 8.78 Å². The molecule has 1 fully saturated rings. The number of rotatable bonds is 4. The van der Waals surface area contributed by atoms with Crippen molar-refractivity contribution in [2.75, 3.05) is 7.05 Å². The highest BCUT2D eigenvalue weighted by molar-refractivity contribution is 5.97. The normalized spacial score (nSPS) is 20.7. The van der Waals surface area contributed by atoms with Crippen molar-refractivity contribution in [3.8, 4) is 0 Å². The molecule has 1 aromatic rings. The SMILES string of the molecule is CNC(=O)C(NC(=O)c1nc(C2CCC(F)(F)CC2)n2c1CCCCC2)C(C)(C)C. The fraction of sp³-hybridized carbons (Fsp3) is 0.773. The van der Waals surface area contributed by atoms with Gasteiger partial charge in [-0.3, -0.25) is 9.59 Å². The first-order chi connectivity index (χ1) is 14.0. The third-order valence-electron chi connectivity index (χ3n) is 6.34. The highest BCUT2D eigenvalue weighted by Gasteiger charge is 2.39. The monoisotopic (exact) mass is 424 g/mol. The first-order valence-corrected chi connectivity index (χ1v) is 11.0. The maximum Gasteiger partial charge on any atom is 0.272 e. The minimum absolute atomic E-state index is 0.0552. The highest BCUT2D eigenvalue weighted by atomic mass is 19.3. The van der Waals surface area contributed by atoms with Gasteiger partial charge in [0.25, 0.3) is 5.91 Å². The number of alkyl halides is 2. The number of fused-ring (bicyclic) bond motifs is 1. The standard InChI is InChI=1S/C22H34F2N4O2/c1-21(2,3)17(20(30)25-4)27-19(29)16-15-8-6-5-7-13-28(15)18(26-16)14-9-11-22(23,24)12-10-14/h14,17H,5-13H2,1-4H3,(H,25,30)(H,27,29). The van der Waals surface area contributed by atoms with Crippen LogP contribution in [0.25, 0.3) is 0 Å². The topological polar surface area (TPSA) is 76.0 Å². The van der Waals surface area contributed by atoms with Gasteiger partial charge in [0.1, 0.15) is 17.6 Å². The van der Waals surface area contributed by atoms with Crippen molar-refractivity contribution in [1.82, 2.24) is 20.2 Å². The van der Waals surface area contributed by atoms with E-state index in [-0.39, 0.29) is 30.6 Å². The number of carbonyl (C=O) groups excluding carboxylic acids is 2. The summed E-state index contributed by atoms with van der Waals surface area (Å²) in [4.78, 5) is 30.3. The van der Waals surface area contributed by atoms with E-state index in [1.165, 1.54) is 0 Å². The van der Waals surface area contributed by atoms with Crippen LogP contribution >= 0.6 is 0 Å². The van der Waals surface area contributed by atoms with Crippen molar-refractivity contribution in [3.05, 3.63) is 17.2 Å². The number of carbonyl (C=O) groups is 2. The lowest BCUT2D eigenvalue weighted by Gasteiger charge is -2.29. The number of likely N-dealkylation sites (N-methyl/N-ethyl adjacent to an activating group) is 1. The lowest BCUT2D eigenvalue weighted by atomic mass is 9.86. The molecule has 2 amide bonds. The Morgan fingerprint density at radius 1 is 1.17 bits per heavy atom. The Hall–Kier alpha value is -1.99. The summed E-state index contributed by atoms with van der Waals surface area (Å²) in [5.41, 5.74) is 0.758. The number of nitrogens with zero attached hydrogens (tertiary/aromatic N) is 2. The Bertz CT molecular complexity index is 788. The van der Waals surface area contributed by atoms with Crippen molar-refractivity contribution in [3.63, 3.8) is 0 Å². The number of amides is 2. The molecule has 2 heterocycles. The van der Waals surface area contributed by atoms with E-state index in [4.69, 9.17) is 4.98 Å². The summed E-state index contributed by atoms with van der Waals surface area (Å²) in [5.74, 6) is -2.51. The first kappa shape index (κ1) is 22.7. The summed E-state index contributed by atoms with van der Waals surface area (Å²) >= 11 is 0. The van der Waals surface area contributed by atoms with E-state index in [1.807, 2.05) is 20.8 Å². The van der Waals surface area contributed by atoms with Gasteiger partial charge in [0.15, 0.2) is 0 Å². The maximum atomic E-state index is 13.7. The van der Waals surface area contributed by atoms with Crippen molar-refractivity contribution in [2.45, 2.75) is 96.6 Å². The van der Waals surface area contributed by atoms with Gasteiger partial charge in [0, 0.05) is 32.4 Å². The van der Waals surface area contributed by atoms with E-state index in [0.29, 0.717) is 18.5 Å². The lowest BCUT2D eigenvalue weighted by molar-refractivity contribution is -0.124. The van der Waals surface area contributed by atoms with Crippen molar-refractivity contribution < 1.29 is 18.4 Å². The van der Waals surface area contributed by atoms with Crippen molar-refractivity contribution in [1.29, 1.82) is 0 Å². The van der Waals surface area contributed by atoms with Gasteiger partial charge < -0.3 is 15.2 Å². The number of hydrogen-bond donors (Lipinski definition) is 2. The molecule has 0 spiro atoms. The number of halogens is 2. The van der Waals surface area contributed by atoms with Gasteiger partial charge in [-0.25, -0.2) is 13.8 Å². The van der Waals surface area contributed by atoms with Crippen LogP contribution in [0.3, 0.4) is 0 Å². The third-order valence-corrected chi connectivity index (χ3v) is 6.34. The van der Waals surface area contributed by atoms with Gasteiger partial charge in [0.2, 0.25) is 11.8 Å². The summed E-state index contributed by atoms with van der Waals surface area (Å²) in [6.45, 7) is 6.45. The Morgan fingerprint density at radius 2 is 1.83 bits per heavy atom. The van der Waals surface area contributed by atoms with E-state index in [2.05, 4.69) is 15.2 Å². The molecule has 0 saturated heterocycles. The predicted molar refractivity (Wildman–Crippen MR) is 111 cm³/mol. The first-order valence-electron chi connectivity index (χ1n) is 11.0. The average molecular weight is 425 g/mol. The van der Waals surface area contributed by atoms with E-state index in [0.717, 1.165) is 43.7 Å². The smallest absolute Gasteiger partial charge is 0.272 e. The van der Waals surface area contributed by atoms with Crippen molar-refractivity contribution >= 4 is 11.8 Å². The molecule has 1 saturated carbocycles. The fourth-order valence-corrected chi connectivity index (χ4v) is 4.56. The molecule has 0 radical (unpaired) electrons. The molecule has 1 aliphatic carbocycles. The lowest BCUT2D eigenvalue weighted by Crippen LogP contribution is -2.53. The Kier molecular flexibility index (Phi) is 6.53. The highest BCUT2D eigenvalue weighted by Crippen LogP contribution is 2.41. The average Bonchev–Trinajstić information content (AvgIpc) is 2.86. The Balaban J connectivity index is 1.92. The molecule has 1 atom stereocenters. The van der Waals surface area contributed by atoms with Gasteiger partial charge in [-0.1, -0.05) is 27.2 Å². The molecular formula is C22H34F2N4O2. The minimum Gasteiger partial charge on any atom is -0.357 e. The molecule has 1 aromatic heterocycles. The van der Waals surface area contributed by atoms with Gasteiger partial charge in [-0.2, -0.15) is 0 Å². The van der Waals surface area contributed by atoms with Crippen LogP contribution in [0.1, 0.15) is 93.6 Å². The van der Waals surface area contributed by atoms with Crippen LogP contribution < -0.4 is 10.6 Å². The second-order valence-corrected chi connectivity index (χ2v) is 9.74. The van der Waals surface area contributed by atoms with Gasteiger partial charge in [-0.15, -0.1) is 0 Å². The zero-order valence-corrected chi connectivity index (χ0v) is 18.5. The molecule has 6 nitrogen and oxygen atoms in total. The van der Waals surface area contributed by atoms with E-state index < -0.39 is 17.4 Å². The fourth-order valence-electron chi connectivity index (χ4n) is 4.56. The maximum absolute atomic E-state index is 13.7. The van der Waals surface area contributed by atoms with E-state index in [9.17, 15) is 18.4 Å². The molecule has 3 rings (SSSR count). The summed E-state index contributed by atoms with van der Waals surface area (Å²) in [6, 6.07) is -0.699. The predicted octanol–water partition coefficient (Wildman–Crippen LogP) is 3.79. The van der Waals surface area contributed by atoms with Crippen LogP contribution in [-0.4, -0.2) is 40.4 Å². The Morgan fingerprint density at radius 3 is 2.43 bits per heavy atom. The number of hydrogen-bond acceptors (Lipinski definition) is 3. The van der Waals surface area contributed by atoms with Crippen LogP contribution in [0, 0.1) is 5.41 Å². The summed E-state index contributed by atoms with van der Waals surface area (Å²) in [7, 11) is 1.55. The quantitative estimate of drug-likeness (QED) is 0.772. The van der Waals surface area contributed by atoms with E-state index >= 15 is 0 Å². The van der Waals surface area contributed by atoms with Gasteiger partial charge in [0.05, 0.1) is 5.69 Å². The second kappa shape index (κ2) is 8.63. The molecule has 2 aliphatic rings. The molecule has 8 heteroatoms. The number of aromatic nitrogens is 2. The molecule has 168 valence electrons. The third kappa shape index (κ3) is 4.83. The van der Waals surface area contributed by atoms with Crippen LogP contribution in [0.5, 0.6) is 0 Å². The second-order valence-electron chi connectivity index (χ2n) is 9.74. The Labute approximate surface area is 177 Å². The molecule has 0 aromatic carbocycles. The number of nitrogens with one attached hydrogen (secondary N) is 2.